The van der Waals surface area contributed by atoms with E-state index in [2.05, 4.69) is 0 Å². The Kier molecular flexibility index (Phi) is 6.29. The van der Waals surface area contributed by atoms with Crippen LogP contribution in [-0.4, -0.2) is 28.4 Å². The number of hydrogen-bond donors (Lipinski definition) is 1. The summed E-state index contributed by atoms with van der Waals surface area (Å²) in [7, 11) is 0. The highest BCUT2D eigenvalue weighted by Gasteiger charge is 2.15. The van der Waals surface area contributed by atoms with Crippen LogP contribution in [0.2, 0.25) is 0 Å². The van der Waals surface area contributed by atoms with Gasteiger partial charge in [-0.1, -0.05) is 0 Å². The first kappa shape index (κ1) is 16.8. The van der Waals surface area contributed by atoms with Crippen molar-refractivity contribution in [3.63, 3.8) is 0 Å². The predicted molar refractivity (Wildman–Crippen MR) is 83.0 cm³/mol. The average molecular weight is 314 g/mol. The number of carboxylic acids is 1. The largest absolute Gasteiger partial charge is 0.478 e. The lowest BCUT2D eigenvalue weighted by Gasteiger charge is -2.19. The third kappa shape index (κ3) is 7.35. The second-order valence-corrected chi connectivity index (χ2v) is 7.08. The lowest BCUT2D eigenvalue weighted by Crippen LogP contribution is -2.24. The third-order valence-electron chi connectivity index (χ3n) is 1.98. The highest BCUT2D eigenvalue weighted by atomic mass is 32.2. The van der Waals surface area contributed by atoms with Gasteiger partial charge in [-0.25, -0.2) is 4.79 Å². The molecule has 6 heteroatoms. The molecular formula is C14H18O4S2. The fraction of sp³-hybridized carbons (Fsp3) is 0.429. The van der Waals surface area contributed by atoms with Crippen LogP contribution in [-0.2, 0) is 20.1 Å². The molecule has 0 unspecified atom stereocenters. The Morgan fingerprint density at radius 1 is 1.45 bits per heavy atom. The molecule has 0 aliphatic rings. The summed E-state index contributed by atoms with van der Waals surface area (Å²) in [4.78, 5) is 23.0. The van der Waals surface area contributed by atoms with E-state index in [1.807, 2.05) is 32.2 Å². The van der Waals surface area contributed by atoms with Gasteiger partial charge in [0.25, 0.3) is 0 Å². The molecular weight excluding hydrogens is 296 g/mol. The number of hydrogen-bond acceptors (Lipinski definition) is 5. The normalized spacial score (nSPS) is 11.8. The monoisotopic (exact) mass is 314 g/mol. The summed E-state index contributed by atoms with van der Waals surface area (Å²) in [5, 5.41) is 10.4. The Labute approximate surface area is 126 Å². The summed E-state index contributed by atoms with van der Waals surface area (Å²) >= 11 is 3.04. The molecule has 0 saturated carbocycles. The molecule has 0 saturated heterocycles. The van der Waals surface area contributed by atoms with Crippen LogP contribution in [0, 0.1) is 0 Å². The number of carbonyl (C=O) groups excluding carboxylic acids is 1. The molecule has 1 N–H and O–H groups in total. The lowest BCUT2D eigenvalue weighted by atomic mass is 10.2. The molecule has 20 heavy (non-hydrogen) atoms. The zero-order chi connectivity index (χ0) is 15.2. The summed E-state index contributed by atoms with van der Waals surface area (Å²) in [5.74, 6) is -0.151. The summed E-state index contributed by atoms with van der Waals surface area (Å²) in [6, 6.07) is 1.92. The molecule has 110 valence electrons. The van der Waals surface area contributed by atoms with Gasteiger partial charge in [0.1, 0.15) is 5.60 Å². The SMILES string of the molecule is CC(C)(C)OC(=O)CSCc1cc(/C=C/C(=O)O)cs1. The molecule has 0 aromatic carbocycles. The van der Waals surface area contributed by atoms with Gasteiger partial charge in [-0.2, -0.15) is 0 Å². The van der Waals surface area contributed by atoms with E-state index >= 15 is 0 Å². The first-order chi connectivity index (χ1) is 9.26. The fourth-order valence-electron chi connectivity index (χ4n) is 1.33. The molecule has 4 nitrogen and oxygen atoms in total. The number of carboxylic acid groups (broad SMARTS) is 1. The van der Waals surface area contributed by atoms with Gasteiger partial charge in [-0.15, -0.1) is 23.1 Å². The van der Waals surface area contributed by atoms with Crippen LogP contribution in [0.1, 0.15) is 31.2 Å². The number of carbonyl (C=O) groups is 2. The molecule has 0 aliphatic carbocycles. The molecule has 0 aliphatic heterocycles. The van der Waals surface area contributed by atoms with Crippen LogP contribution in [0.25, 0.3) is 6.08 Å². The second kappa shape index (κ2) is 7.50. The summed E-state index contributed by atoms with van der Waals surface area (Å²) in [6.45, 7) is 5.53. The molecule has 1 rings (SSSR count). The first-order valence-corrected chi connectivity index (χ1v) is 8.08. The molecule has 0 radical (unpaired) electrons. The zero-order valence-corrected chi connectivity index (χ0v) is 13.3. The highest BCUT2D eigenvalue weighted by Crippen LogP contribution is 2.22. The van der Waals surface area contributed by atoms with E-state index in [1.54, 1.807) is 17.4 Å². The van der Waals surface area contributed by atoms with Gasteiger partial charge < -0.3 is 9.84 Å². The molecule has 0 spiro atoms. The van der Waals surface area contributed by atoms with Crippen molar-refractivity contribution < 1.29 is 19.4 Å². The van der Waals surface area contributed by atoms with Crippen molar-refractivity contribution in [1.29, 1.82) is 0 Å². The van der Waals surface area contributed by atoms with Crippen LogP contribution >= 0.6 is 23.1 Å². The van der Waals surface area contributed by atoms with Gasteiger partial charge >= 0.3 is 11.9 Å². The smallest absolute Gasteiger partial charge is 0.328 e. The van der Waals surface area contributed by atoms with Gasteiger partial charge in [-0.05, 0) is 43.9 Å². The van der Waals surface area contributed by atoms with Gasteiger partial charge in [-0.3, -0.25) is 4.79 Å². The minimum atomic E-state index is -0.961. The van der Waals surface area contributed by atoms with E-state index in [0.29, 0.717) is 11.5 Å². The number of thioether (sulfide) groups is 1. The topological polar surface area (TPSA) is 63.6 Å². The van der Waals surface area contributed by atoms with Gasteiger partial charge in [0, 0.05) is 16.7 Å². The van der Waals surface area contributed by atoms with Crippen molar-refractivity contribution in [2.75, 3.05) is 5.75 Å². The third-order valence-corrected chi connectivity index (χ3v) is 4.07. The van der Waals surface area contributed by atoms with E-state index in [9.17, 15) is 9.59 Å². The standard InChI is InChI=1S/C14H18O4S2/c1-14(2,3)18-13(17)9-19-8-11-6-10(7-20-11)4-5-12(15)16/h4-7H,8-9H2,1-3H3,(H,15,16)/b5-4+. The molecule has 0 fully saturated rings. The average Bonchev–Trinajstić information content (AvgIpc) is 2.72. The maximum atomic E-state index is 11.5. The van der Waals surface area contributed by atoms with Crippen LogP contribution in [0.3, 0.4) is 0 Å². The van der Waals surface area contributed by atoms with Crippen molar-refractivity contribution in [2.45, 2.75) is 32.1 Å². The predicted octanol–water partition coefficient (Wildman–Crippen LogP) is 3.42. The van der Waals surface area contributed by atoms with Gasteiger partial charge in [0.05, 0.1) is 5.75 Å². The van der Waals surface area contributed by atoms with Crippen LogP contribution in [0.5, 0.6) is 0 Å². The molecule has 1 aromatic rings. The van der Waals surface area contributed by atoms with Crippen molar-refractivity contribution >= 4 is 41.1 Å². The molecule has 0 atom stereocenters. The maximum Gasteiger partial charge on any atom is 0.328 e. The molecule has 1 aromatic heterocycles. The fourth-order valence-corrected chi connectivity index (χ4v) is 3.11. The number of esters is 1. The number of thiophene rings is 1. The van der Waals surface area contributed by atoms with Crippen molar-refractivity contribution in [2.24, 2.45) is 0 Å². The van der Waals surface area contributed by atoms with Crippen LogP contribution in [0.15, 0.2) is 17.5 Å². The molecule has 0 bridgehead atoms. The minimum absolute atomic E-state index is 0.218. The van der Waals surface area contributed by atoms with Gasteiger partial charge in [0.2, 0.25) is 0 Å². The van der Waals surface area contributed by atoms with Crippen LogP contribution < -0.4 is 0 Å². The molecule has 0 amide bonds. The number of rotatable bonds is 6. The van der Waals surface area contributed by atoms with Crippen molar-refractivity contribution in [1.82, 2.24) is 0 Å². The first-order valence-electron chi connectivity index (χ1n) is 6.04. The Morgan fingerprint density at radius 3 is 2.75 bits per heavy atom. The Balaban J connectivity index is 2.36. The van der Waals surface area contributed by atoms with Crippen LogP contribution in [0.4, 0.5) is 0 Å². The summed E-state index contributed by atoms with van der Waals surface area (Å²) in [6.07, 6.45) is 2.67. The van der Waals surface area contributed by atoms with Gasteiger partial charge in [0.15, 0.2) is 0 Å². The zero-order valence-electron chi connectivity index (χ0n) is 11.7. The van der Waals surface area contributed by atoms with Crippen molar-refractivity contribution in [3.05, 3.63) is 28.0 Å². The quantitative estimate of drug-likeness (QED) is 0.644. The lowest BCUT2D eigenvalue weighted by molar-refractivity contribution is -0.151. The Hall–Kier alpha value is -1.27. The second-order valence-electron chi connectivity index (χ2n) is 5.10. The number of ether oxygens (including phenoxy) is 1. The van der Waals surface area contributed by atoms with E-state index in [1.165, 1.54) is 11.8 Å². The summed E-state index contributed by atoms with van der Waals surface area (Å²) < 4.78 is 5.21. The van der Waals surface area contributed by atoms with E-state index in [4.69, 9.17) is 9.84 Å². The van der Waals surface area contributed by atoms with E-state index in [0.717, 1.165) is 16.5 Å². The molecule has 1 heterocycles. The number of aliphatic carboxylic acids is 1. The van der Waals surface area contributed by atoms with Crippen molar-refractivity contribution in [3.8, 4) is 0 Å². The van der Waals surface area contributed by atoms with E-state index < -0.39 is 11.6 Å². The Bertz CT molecular complexity index is 498. The maximum absolute atomic E-state index is 11.5. The minimum Gasteiger partial charge on any atom is -0.478 e. The highest BCUT2D eigenvalue weighted by molar-refractivity contribution is 7.99. The summed E-state index contributed by atoms with van der Waals surface area (Å²) in [5.41, 5.74) is 0.417. The Morgan fingerprint density at radius 2 is 2.15 bits per heavy atom. The van der Waals surface area contributed by atoms with E-state index in [-0.39, 0.29) is 5.97 Å².